The Morgan fingerprint density at radius 3 is 2.18 bits per heavy atom. The molecule has 158 valence electrons. The van der Waals surface area contributed by atoms with Crippen LogP contribution in [0.15, 0.2) is 11.1 Å². The van der Waals surface area contributed by atoms with Crippen LogP contribution >= 0.6 is 0 Å². The minimum Gasteiger partial charge on any atom is -0.468 e. The Labute approximate surface area is 170 Å². The Bertz CT molecular complexity index is 672. The summed E-state index contributed by atoms with van der Waals surface area (Å²) in [4.78, 5) is 25.3. The van der Waals surface area contributed by atoms with Crippen LogP contribution < -0.4 is 0 Å². The number of carbonyl (C=O) groups is 2. The molecule has 0 bridgehead atoms. The van der Waals surface area contributed by atoms with Crippen molar-refractivity contribution in [2.24, 2.45) is 17.3 Å². The lowest BCUT2D eigenvalue weighted by molar-refractivity contribution is -0.168. The molecule has 0 amide bonds. The summed E-state index contributed by atoms with van der Waals surface area (Å²) in [7, 11) is 0.811. The first-order chi connectivity index (χ1) is 13.0. The molecule has 0 aromatic heterocycles. The maximum absolute atomic E-state index is 12.6. The van der Waals surface area contributed by atoms with Crippen molar-refractivity contribution in [1.29, 1.82) is 0 Å². The highest BCUT2D eigenvalue weighted by Crippen LogP contribution is 2.57. The molecule has 0 N–H and O–H groups in total. The van der Waals surface area contributed by atoms with Crippen molar-refractivity contribution in [3.05, 3.63) is 11.1 Å². The fourth-order valence-corrected chi connectivity index (χ4v) is 6.66. The average molecular weight is 409 g/mol. The lowest BCUT2D eigenvalue weighted by atomic mass is 9.76. The minimum atomic E-state index is -1.90. The minimum absolute atomic E-state index is 0.160. The molecular formula is C22H36O5Si. The van der Waals surface area contributed by atoms with Crippen LogP contribution in [0.1, 0.15) is 59.3 Å². The van der Waals surface area contributed by atoms with Gasteiger partial charge in [-0.3, -0.25) is 9.59 Å². The molecule has 3 rings (SSSR count). The van der Waals surface area contributed by atoms with E-state index in [1.54, 1.807) is 0 Å². The van der Waals surface area contributed by atoms with Gasteiger partial charge < -0.3 is 13.9 Å². The molecule has 3 unspecified atom stereocenters. The van der Waals surface area contributed by atoms with Gasteiger partial charge in [-0.05, 0) is 62.1 Å². The van der Waals surface area contributed by atoms with E-state index < -0.39 is 25.7 Å². The molecule has 0 aromatic rings. The SMILES string of the molecule is COC(=O)C1(C(=O)OC)CC2=C(C1)C1CCCC1C(O[Si](C)(C)C(C)(C)C)C2. The number of hydrogen-bond acceptors (Lipinski definition) is 5. The Morgan fingerprint density at radius 2 is 1.64 bits per heavy atom. The first-order valence-electron chi connectivity index (χ1n) is 10.5. The van der Waals surface area contributed by atoms with Gasteiger partial charge in [-0.25, -0.2) is 0 Å². The number of hydrogen-bond donors (Lipinski definition) is 0. The highest BCUT2D eigenvalue weighted by Gasteiger charge is 2.57. The van der Waals surface area contributed by atoms with E-state index in [-0.39, 0.29) is 11.1 Å². The predicted molar refractivity (Wildman–Crippen MR) is 110 cm³/mol. The zero-order valence-electron chi connectivity index (χ0n) is 18.5. The quantitative estimate of drug-likeness (QED) is 0.294. The van der Waals surface area contributed by atoms with E-state index in [2.05, 4.69) is 33.9 Å². The van der Waals surface area contributed by atoms with Crippen molar-refractivity contribution in [3.8, 4) is 0 Å². The van der Waals surface area contributed by atoms with Crippen LogP contribution in [-0.2, 0) is 23.5 Å². The number of carbonyl (C=O) groups excluding carboxylic acids is 2. The molecule has 3 aliphatic rings. The van der Waals surface area contributed by atoms with E-state index in [1.165, 1.54) is 38.2 Å². The molecule has 3 aliphatic carbocycles. The van der Waals surface area contributed by atoms with Gasteiger partial charge in [0.2, 0.25) is 0 Å². The molecule has 0 spiro atoms. The molecule has 3 atom stereocenters. The zero-order valence-corrected chi connectivity index (χ0v) is 19.5. The number of fused-ring (bicyclic) bond motifs is 2. The smallest absolute Gasteiger partial charge is 0.323 e. The molecule has 1 saturated carbocycles. The summed E-state index contributed by atoms with van der Waals surface area (Å²) >= 11 is 0. The number of ether oxygens (including phenoxy) is 2. The van der Waals surface area contributed by atoms with Gasteiger partial charge in [0, 0.05) is 0 Å². The van der Waals surface area contributed by atoms with Gasteiger partial charge in [0.1, 0.15) is 0 Å². The Morgan fingerprint density at radius 1 is 1.04 bits per heavy atom. The third-order valence-electron chi connectivity index (χ3n) is 7.81. The van der Waals surface area contributed by atoms with E-state index in [9.17, 15) is 9.59 Å². The van der Waals surface area contributed by atoms with E-state index in [0.717, 1.165) is 12.8 Å². The average Bonchev–Trinajstić information content (AvgIpc) is 3.24. The molecule has 0 aromatic carbocycles. The lowest BCUT2D eigenvalue weighted by Crippen LogP contribution is -2.47. The molecule has 28 heavy (non-hydrogen) atoms. The van der Waals surface area contributed by atoms with E-state index in [0.29, 0.717) is 24.7 Å². The molecule has 1 fully saturated rings. The number of allylic oxidation sites excluding steroid dienone is 1. The maximum Gasteiger partial charge on any atom is 0.323 e. The zero-order chi connectivity index (χ0) is 20.9. The standard InChI is InChI=1S/C22H36O5Si/c1-21(2,3)28(6,7)27-18-11-14-12-22(19(23)25-4,20(24)26-5)13-17(14)15-9-8-10-16(15)18/h15-16,18H,8-13H2,1-7H3. The van der Waals surface area contributed by atoms with Crippen LogP contribution in [0.2, 0.25) is 18.1 Å². The van der Waals surface area contributed by atoms with Crippen LogP contribution in [0.5, 0.6) is 0 Å². The Balaban J connectivity index is 1.90. The fourth-order valence-electron chi connectivity index (χ4n) is 5.29. The number of rotatable bonds is 4. The van der Waals surface area contributed by atoms with Gasteiger partial charge in [0.25, 0.3) is 0 Å². The van der Waals surface area contributed by atoms with Crippen molar-refractivity contribution in [1.82, 2.24) is 0 Å². The topological polar surface area (TPSA) is 61.8 Å². The molecule has 5 nitrogen and oxygen atoms in total. The second kappa shape index (κ2) is 7.28. The summed E-state index contributed by atoms with van der Waals surface area (Å²) in [6.45, 7) is 11.4. The van der Waals surface area contributed by atoms with Crippen molar-refractivity contribution in [3.63, 3.8) is 0 Å². The van der Waals surface area contributed by atoms with Gasteiger partial charge >= 0.3 is 11.9 Å². The summed E-state index contributed by atoms with van der Waals surface area (Å²) < 4.78 is 17.0. The molecule has 6 heteroatoms. The second-order valence-electron chi connectivity index (χ2n) is 10.4. The molecule has 0 aliphatic heterocycles. The van der Waals surface area contributed by atoms with E-state index in [4.69, 9.17) is 13.9 Å². The van der Waals surface area contributed by atoms with Gasteiger partial charge in [-0.15, -0.1) is 0 Å². The van der Waals surface area contributed by atoms with Crippen molar-refractivity contribution >= 4 is 20.3 Å². The monoisotopic (exact) mass is 408 g/mol. The van der Waals surface area contributed by atoms with Crippen LogP contribution in [0.25, 0.3) is 0 Å². The summed E-state index contributed by atoms with van der Waals surface area (Å²) in [5, 5.41) is 0.160. The van der Waals surface area contributed by atoms with Crippen LogP contribution in [0.3, 0.4) is 0 Å². The third-order valence-corrected chi connectivity index (χ3v) is 12.3. The van der Waals surface area contributed by atoms with Crippen molar-refractivity contribution < 1.29 is 23.5 Å². The summed E-state index contributed by atoms with van der Waals surface area (Å²) in [5.74, 6) is -0.0102. The highest BCUT2D eigenvalue weighted by molar-refractivity contribution is 6.74. The predicted octanol–water partition coefficient (Wildman–Crippen LogP) is 4.62. The normalized spacial score (nSPS) is 29.3. The molecule has 0 heterocycles. The lowest BCUT2D eigenvalue weighted by Gasteiger charge is -2.44. The van der Waals surface area contributed by atoms with Crippen LogP contribution in [0, 0.1) is 17.3 Å². The second-order valence-corrected chi connectivity index (χ2v) is 15.1. The van der Waals surface area contributed by atoms with Crippen LogP contribution in [-0.4, -0.2) is 40.6 Å². The fraction of sp³-hybridized carbons (Fsp3) is 0.818. The van der Waals surface area contributed by atoms with Crippen molar-refractivity contribution in [2.75, 3.05) is 14.2 Å². The number of methoxy groups -OCH3 is 2. The van der Waals surface area contributed by atoms with Gasteiger partial charge in [-0.1, -0.05) is 38.3 Å². The first kappa shape index (κ1) is 21.6. The van der Waals surface area contributed by atoms with Crippen molar-refractivity contribution in [2.45, 2.75) is 83.5 Å². The number of esters is 2. The van der Waals surface area contributed by atoms with Gasteiger partial charge in [0.05, 0.1) is 20.3 Å². The maximum atomic E-state index is 12.6. The summed E-state index contributed by atoms with van der Waals surface area (Å²) in [6.07, 6.45) is 5.38. The largest absolute Gasteiger partial charge is 0.468 e. The van der Waals surface area contributed by atoms with Crippen LogP contribution in [0.4, 0.5) is 0 Å². The molecular weight excluding hydrogens is 372 g/mol. The van der Waals surface area contributed by atoms with Gasteiger partial charge in [-0.2, -0.15) is 0 Å². The Hall–Kier alpha value is -1.14. The molecule has 0 radical (unpaired) electrons. The van der Waals surface area contributed by atoms with E-state index >= 15 is 0 Å². The highest BCUT2D eigenvalue weighted by atomic mass is 28.4. The first-order valence-corrected chi connectivity index (χ1v) is 13.4. The van der Waals surface area contributed by atoms with E-state index in [1.807, 2.05) is 0 Å². The van der Waals surface area contributed by atoms with Gasteiger partial charge in [0.15, 0.2) is 13.7 Å². The molecule has 0 saturated heterocycles. The summed E-state index contributed by atoms with van der Waals surface area (Å²) in [5.41, 5.74) is 1.35. The summed E-state index contributed by atoms with van der Waals surface area (Å²) in [6, 6.07) is 0. The third kappa shape index (κ3) is 3.36. The Kier molecular flexibility index (Phi) is 5.60.